The van der Waals surface area contributed by atoms with Gasteiger partial charge in [0, 0.05) is 31.6 Å². The number of halogens is 3. The van der Waals surface area contributed by atoms with Gasteiger partial charge in [0.2, 0.25) is 5.91 Å². The summed E-state index contributed by atoms with van der Waals surface area (Å²) in [5.74, 6) is 0.210. The minimum Gasteiger partial charge on any atom is -0.356 e. The normalized spacial score (nSPS) is 15.9. The lowest BCUT2D eigenvalue weighted by Crippen LogP contribution is -2.51. The molecule has 0 aliphatic carbocycles. The summed E-state index contributed by atoms with van der Waals surface area (Å²) in [6.45, 7) is 7.70. The number of carbonyl (C=O) groups is 2. The molecule has 1 saturated heterocycles. The standard InChI is InChI=1S/C21H30F3N3O2/c1-20(2,3)26-19(29)27-12-10-16(11-13-27)14-25-18(28)9-6-15-4-7-17(8-5-15)21(22,23)24/h4-5,7-8,16H,6,9-14H2,1-3H3,(H,25,28)(H,26,29). The molecule has 2 rings (SSSR count). The Morgan fingerprint density at radius 2 is 1.66 bits per heavy atom. The summed E-state index contributed by atoms with van der Waals surface area (Å²) >= 11 is 0. The minimum absolute atomic E-state index is 0.0588. The third kappa shape index (κ3) is 7.95. The molecule has 1 aromatic carbocycles. The molecule has 1 fully saturated rings. The van der Waals surface area contributed by atoms with E-state index in [2.05, 4.69) is 10.6 Å². The van der Waals surface area contributed by atoms with Crippen molar-refractivity contribution >= 4 is 11.9 Å². The maximum atomic E-state index is 12.6. The molecule has 0 saturated carbocycles. The quantitative estimate of drug-likeness (QED) is 0.767. The Kier molecular flexibility index (Phi) is 7.54. The lowest BCUT2D eigenvalue weighted by atomic mass is 9.96. The highest BCUT2D eigenvalue weighted by molar-refractivity contribution is 5.76. The van der Waals surface area contributed by atoms with Crippen molar-refractivity contribution in [1.82, 2.24) is 15.5 Å². The molecule has 5 nitrogen and oxygen atoms in total. The number of nitrogens with zero attached hydrogens (tertiary/aromatic N) is 1. The van der Waals surface area contributed by atoms with Crippen molar-refractivity contribution in [3.05, 3.63) is 35.4 Å². The summed E-state index contributed by atoms with van der Waals surface area (Å²) in [7, 11) is 0. The van der Waals surface area contributed by atoms with Gasteiger partial charge in [-0.15, -0.1) is 0 Å². The van der Waals surface area contributed by atoms with Gasteiger partial charge in [0.05, 0.1) is 5.56 Å². The minimum atomic E-state index is -4.35. The number of carbonyl (C=O) groups excluding carboxylic acids is 2. The predicted molar refractivity (Wildman–Crippen MR) is 105 cm³/mol. The van der Waals surface area contributed by atoms with Crippen LogP contribution in [0.4, 0.5) is 18.0 Å². The Morgan fingerprint density at radius 3 is 2.17 bits per heavy atom. The number of urea groups is 1. The number of amides is 3. The topological polar surface area (TPSA) is 61.4 Å². The summed E-state index contributed by atoms with van der Waals surface area (Å²) < 4.78 is 37.7. The maximum Gasteiger partial charge on any atom is 0.416 e. The number of alkyl halides is 3. The van der Waals surface area contributed by atoms with Crippen molar-refractivity contribution in [2.24, 2.45) is 5.92 Å². The Labute approximate surface area is 170 Å². The lowest BCUT2D eigenvalue weighted by molar-refractivity contribution is -0.137. The highest BCUT2D eigenvalue weighted by atomic mass is 19.4. The Balaban J connectivity index is 1.67. The second-order valence-corrected chi connectivity index (χ2v) is 8.61. The fourth-order valence-corrected chi connectivity index (χ4v) is 3.20. The summed E-state index contributed by atoms with van der Waals surface area (Å²) in [6, 6.07) is 4.84. The molecule has 3 amide bonds. The number of hydrogen-bond acceptors (Lipinski definition) is 2. The van der Waals surface area contributed by atoms with Gasteiger partial charge in [-0.3, -0.25) is 4.79 Å². The molecule has 1 heterocycles. The van der Waals surface area contributed by atoms with Gasteiger partial charge < -0.3 is 15.5 Å². The molecule has 0 spiro atoms. The van der Waals surface area contributed by atoms with Crippen LogP contribution in [0.25, 0.3) is 0 Å². The smallest absolute Gasteiger partial charge is 0.356 e. The van der Waals surface area contributed by atoms with E-state index in [1.54, 1.807) is 4.90 Å². The van der Waals surface area contributed by atoms with Gasteiger partial charge in [-0.25, -0.2) is 4.79 Å². The first-order valence-electron chi connectivity index (χ1n) is 9.94. The fraction of sp³-hybridized carbons (Fsp3) is 0.619. The van der Waals surface area contributed by atoms with Crippen molar-refractivity contribution in [1.29, 1.82) is 0 Å². The van der Waals surface area contributed by atoms with Crippen LogP contribution in [0, 0.1) is 5.92 Å². The number of hydrogen-bond donors (Lipinski definition) is 2. The number of piperidine rings is 1. The third-order valence-corrected chi connectivity index (χ3v) is 4.89. The van der Waals surface area contributed by atoms with Gasteiger partial charge >= 0.3 is 12.2 Å². The van der Waals surface area contributed by atoms with E-state index in [1.807, 2.05) is 20.8 Å². The second kappa shape index (κ2) is 9.50. The summed E-state index contributed by atoms with van der Waals surface area (Å²) in [6.07, 6.45) is -2.06. The molecule has 1 aromatic rings. The van der Waals surface area contributed by atoms with E-state index in [0.717, 1.165) is 25.0 Å². The van der Waals surface area contributed by atoms with Crippen molar-refractivity contribution in [3.8, 4) is 0 Å². The largest absolute Gasteiger partial charge is 0.416 e. The Hall–Kier alpha value is -2.25. The zero-order valence-electron chi connectivity index (χ0n) is 17.2. The van der Waals surface area contributed by atoms with E-state index in [4.69, 9.17) is 0 Å². The molecule has 29 heavy (non-hydrogen) atoms. The van der Waals surface area contributed by atoms with Crippen molar-refractivity contribution in [2.75, 3.05) is 19.6 Å². The molecule has 8 heteroatoms. The molecule has 1 aliphatic rings. The van der Waals surface area contributed by atoms with Crippen LogP contribution in [0.3, 0.4) is 0 Å². The van der Waals surface area contributed by atoms with Crippen LogP contribution in [0.15, 0.2) is 24.3 Å². The SMILES string of the molecule is CC(C)(C)NC(=O)N1CCC(CNC(=O)CCc2ccc(C(F)(F)F)cc2)CC1. The number of aryl methyl sites for hydroxylation is 1. The van der Waals surface area contributed by atoms with Gasteiger partial charge in [0.15, 0.2) is 0 Å². The van der Waals surface area contributed by atoms with Crippen LogP contribution in [-0.2, 0) is 17.4 Å². The zero-order chi connectivity index (χ0) is 21.7. The molecular formula is C21H30F3N3O2. The van der Waals surface area contributed by atoms with Crippen molar-refractivity contribution < 1.29 is 22.8 Å². The van der Waals surface area contributed by atoms with Crippen molar-refractivity contribution in [3.63, 3.8) is 0 Å². The van der Waals surface area contributed by atoms with Crippen LogP contribution in [0.5, 0.6) is 0 Å². The van der Waals surface area contributed by atoms with E-state index < -0.39 is 11.7 Å². The van der Waals surface area contributed by atoms with Crippen LogP contribution in [0.1, 0.15) is 51.2 Å². The van der Waals surface area contributed by atoms with Gasteiger partial charge in [-0.05, 0) is 63.6 Å². The molecular weight excluding hydrogens is 383 g/mol. The Morgan fingerprint density at radius 1 is 1.07 bits per heavy atom. The first-order chi connectivity index (χ1) is 13.4. The van der Waals surface area contributed by atoms with E-state index in [0.29, 0.717) is 37.5 Å². The van der Waals surface area contributed by atoms with Crippen LogP contribution in [-0.4, -0.2) is 42.0 Å². The van der Waals surface area contributed by atoms with E-state index in [-0.39, 0.29) is 23.9 Å². The number of nitrogens with one attached hydrogen (secondary N) is 2. The average Bonchev–Trinajstić information content (AvgIpc) is 2.63. The van der Waals surface area contributed by atoms with Gasteiger partial charge in [0.25, 0.3) is 0 Å². The highest BCUT2D eigenvalue weighted by Crippen LogP contribution is 2.29. The lowest BCUT2D eigenvalue weighted by Gasteiger charge is -2.34. The van der Waals surface area contributed by atoms with Gasteiger partial charge in [-0.1, -0.05) is 12.1 Å². The number of benzene rings is 1. The predicted octanol–water partition coefficient (Wildman–Crippen LogP) is 3.97. The molecule has 1 aliphatic heterocycles. The van der Waals surface area contributed by atoms with Crippen LogP contribution < -0.4 is 10.6 Å². The zero-order valence-corrected chi connectivity index (χ0v) is 17.2. The van der Waals surface area contributed by atoms with Gasteiger partial charge in [0.1, 0.15) is 0 Å². The first-order valence-corrected chi connectivity index (χ1v) is 9.94. The molecule has 2 N–H and O–H groups in total. The van der Waals surface area contributed by atoms with E-state index in [1.165, 1.54) is 12.1 Å². The third-order valence-electron chi connectivity index (χ3n) is 4.89. The molecule has 0 aromatic heterocycles. The number of rotatable bonds is 5. The van der Waals surface area contributed by atoms with E-state index >= 15 is 0 Å². The fourth-order valence-electron chi connectivity index (χ4n) is 3.20. The summed E-state index contributed by atoms with van der Waals surface area (Å²) in [5, 5.41) is 5.86. The van der Waals surface area contributed by atoms with Crippen molar-refractivity contribution in [2.45, 2.75) is 58.2 Å². The van der Waals surface area contributed by atoms with Crippen LogP contribution in [0.2, 0.25) is 0 Å². The molecule has 162 valence electrons. The summed E-state index contributed by atoms with van der Waals surface area (Å²) in [4.78, 5) is 26.0. The summed E-state index contributed by atoms with van der Waals surface area (Å²) in [5.41, 5.74) is -0.255. The number of likely N-dealkylation sites (tertiary alicyclic amines) is 1. The molecule has 0 bridgehead atoms. The second-order valence-electron chi connectivity index (χ2n) is 8.61. The first kappa shape index (κ1) is 23.0. The average molecular weight is 413 g/mol. The van der Waals surface area contributed by atoms with Gasteiger partial charge in [-0.2, -0.15) is 13.2 Å². The highest BCUT2D eigenvalue weighted by Gasteiger charge is 2.30. The van der Waals surface area contributed by atoms with E-state index in [9.17, 15) is 22.8 Å². The monoisotopic (exact) mass is 413 g/mol. The maximum absolute atomic E-state index is 12.6. The molecule has 0 unspecified atom stereocenters. The Bertz CT molecular complexity index is 689. The van der Waals surface area contributed by atoms with Crippen LogP contribution >= 0.6 is 0 Å². The molecule has 0 atom stereocenters. The molecule has 0 radical (unpaired) electrons.